The predicted molar refractivity (Wildman–Crippen MR) is 167 cm³/mol. The molecule has 0 aliphatic rings. The van der Waals surface area contributed by atoms with Gasteiger partial charge in [-0.25, -0.2) is 14.4 Å². The molecule has 194 valence electrons. The summed E-state index contributed by atoms with van der Waals surface area (Å²) in [7, 11) is 0. The van der Waals surface area contributed by atoms with Crippen molar-refractivity contribution in [3.05, 3.63) is 115 Å². The standard InChI is InChI=1S/C35H20FN3OS/c1-19-13-16-29(32-31(19)23-7-2-5-12-30(23)40-32)39-28-11-4-3-10-27(28)37-34(39)24-9-6-8-22-25-18-20-17-21(36)14-15-26(20)38-35(25)41-33(22)24/h2-18H,1H3. The number of halogens is 1. The lowest BCUT2D eigenvalue weighted by Crippen LogP contribution is -1.99. The van der Waals surface area contributed by atoms with Crippen LogP contribution in [0.5, 0.6) is 0 Å². The van der Waals surface area contributed by atoms with Gasteiger partial charge in [0.15, 0.2) is 5.58 Å². The molecule has 9 rings (SSSR count). The summed E-state index contributed by atoms with van der Waals surface area (Å²) in [6.07, 6.45) is 0. The van der Waals surface area contributed by atoms with Gasteiger partial charge in [0.05, 0.1) is 22.2 Å². The van der Waals surface area contributed by atoms with E-state index in [2.05, 4.69) is 60.0 Å². The number of imidazole rings is 1. The van der Waals surface area contributed by atoms with Gasteiger partial charge in [-0.3, -0.25) is 4.57 Å². The average molecular weight is 550 g/mol. The van der Waals surface area contributed by atoms with Crippen LogP contribution in [0.3, 0.4) is 0 Å². The Morgan fingerprint density at radius 2 is 1.61 bits per heavy atom. The molecule has 0 radical (unpaired) electrons. The number of furan rings is 1. The Labute approximate surface area is 236 Å². The maximum absolute atomic E-state index is 14.0. The zero-order valence-corrected chi connectivity index (χ0v) is 22.7. The van der Waals surface area contributed by atoms with E-state index in [0.717, 1.165) is 81.3 Å². The Kier molecular flexibility index (Phi) is 4.56. The molecule has 0 amide bonds. The summed E-state index contributed by atoms with van der Waals surface area (Å²) in [5.74, 6) is 0.576. The summed E-state index contributed by atoms with van der Waals surface area (Å²) >= 11 is 1.64. The lowest BCUT2D eigenvalue weighted by Gasteiger charge is -2.12. The number of nitrogens with zero attached hydrogens (tertiary/aromatic N) is 3. The molecule has 4 aromatic heterocycles. The number of hydrogen-bond acceptors (Lipinski definition) is 4. The van der Waals surface area contributed by atoms with Crippen LogP contribution in [0.4, 0.5) is 4.39 Å². The van der Waals surface area contributed by atoms with Gasteiger partial charge in [0.2, 0.25) is 0 Å². The van der Waals surface area contributed by atoms with Crippen LogP contribution in [0.2, 0.25) is 0 Å². The van der Waals surface area contributed by atoms with Crippen LogP contribution in [0.25, 0.3) is 81.3 Å². The first-order valence-corrected chi connectivity index (χ1v) is 14.3. The summed E-state index contributed by atoms with van der Waals surface area (Å²) < 4.78 is 23.9. The maximum Gasteiger partial charge on any atom is 0.159 e. The largest absolute Gasteiger partial charge is 0.454 e. The van der Waals surface area contributed by atoms with E-state index in [-0.39, 0.29) is 5.82 Å². The molecule has 0 N–H and O–H groups in total. The number of benzene rings is 5. The van der Waals surface area contributed by atoms with E-state index in [1.807, 2.05) is 36.4 Å². The fraction of sp³-hybridized carbons (Fsp3) is 0.0286. The Bertz CT molecular complexity index is 2520. The van der Waals surface area contributed by atoms with Crippen LogP contribution in [-0.4, -0.2) is 14.5 Å². The van der Waals surface area contributed by atoms with E-state index in [9.17, 15) is 4.39 Å². The number of aryl methyl sites for hydroxylation is 1. The molecular weight excluding hydrogens is 529 g/mol. The first-order chi connectivity index (χ1) is 20.1. The Morgan fingerprint density at radius 1 is 0.756 bits per heavy atom. The number of aromatic nitrogens is 3. The van der Waals surface area contributed by atoms with E-state index >= 15 is 0 Å². The Morgan fingerprint density at radius 3 is 2.56 bits per heavy atom. The van der Waals surface area contributed by atoms with Crippen molar-refractivity contribution < 1.29 is 8.81 Å². The third-order valence-corrected chi connectivity index (χ3v) is 9.15. The first-order valence-electron chi connectivity index (χ1n) is 13.4. The molecule has 0 spiro atoms. The summed E-state index contributed by atoms with van der Waals surface area (Å²) in [6.45, 7) is 2.13. The highest BCUT2D eigenvalue weighted by Gasteiger charge is 2.22. The zero-order valence-electron chi connectivity index (χ0n) is 21.9. The number of fused-ring (bicyclic) bond motifs is 8. The van der Waals surface area contributed by atoms with Crippen LogP contribution < -0.4 is 0 Å². The highest BCUT2D eigenvalue weighted by Crippen LogP contribution is 2.43. The van der Waals surface area contributed by atoms with Gasteiger partial charge in [-0.15, -0.1) is 11.3 Å². The molecule has 41 heavy (non-hydrogen) atoms. The fourth-order valence-corrected chi connectivity index (χ4v) is 7.31. The fourth-order valence-electron chi connectivity index (χ4n) is 6.14. The van der Waals surface area contributed by atoms with Gasteiger partial charge in [-0.2, -0.15) is 0 Å². The van der Waals surface area contributed by atoms with Gasteiger partial charge in [-0.05, 0) is 67.1 Å². The number of pyridine rings is 1. The van der Waals surface area contributed by atoms with Crippen molar-refractivity contribution in [3.63, 3.8) is 0 Å². The first kappa shape index (κ1) is 22.7. The third kappa shape index (κ3) is 3.19. The highest BCUT2D eigenvalue weighted by atomic mass is 32.1. The molecule has 0 aliphatic carbocycles. The van der Waals surface area contributed by atoms with Crippen molar-refractivity contribution in [1.82, 2.24) is 14.5 Å². The summed E-state index contributed by atoms with van der Waals surface area (Å²) in [5, 5.41) is 5.11. The van der Waals surface area contributed by atoms with Gasteiger partial charge < -0.3 is 4.42 Å². The smallest absolute Gasteiger partial charge is 0.159 e. The number of thiophene rings is 1. The Hall–Kier alpha value is -5.07. The molecular formula is C35H20FN3OS. The van der Waals surface area contributed by atoms with Crippen LogP contribution >= 0.6 is 11.3 Å². The number of rotatable bonds is 2. The molecule has 0 saturated carbocycles. The van der Waals surface area contributed by atoms with Gasteiger partial charge >= 0.3 is 0 Å². The predicted octanol–water partition coefficient (Wildman–Crippen LogP) is 9.96. The van der Waals surface area contributed by atoms with E-state index in [0.29, 0.717) is 0 Å². The van der Waals surface area contributed by atoms with Gasteiger partial charge in [0, 0.05) is 37.2 Å². The minimum Gasteiger partial charge on any atom is -0.454 e. The van der Waals surface area contributed by atoms with Crippen molar-refractivity contribution in [2.75, 3.05) is 0 Å². The van der Waals surface area contributed by atoms with Crippen molar-refractivity contribution in [2.24, 2.45) is 0 Å². The van der Waals surface area contributed by atoms with Gasteiger partial charge in [0.25, 0.3) is 0 Å². The molecule has 4 nitrogen and oxygen atoms in total. The second-order valence-electron chi connectivity index (χ2n) is 10.4. The summed E-state index contributed by atoms with van der Waals surface area (Å²) in [6, 6.07) is 33.8. The van der Waals surface area contributed by atoms with Gasteiger partial charge in [-0.1, -0.05) is 48.5 Å². The molecule has 0 bridgehead atoms. The quantitative estimate of drug-likeness (QED) is 0.215. The number of para-hydroxylation sites is 3. The minimum absolute atomic E-state index is 0.261. The summed E-state index contributed by atoms with van der Waals surface area (Å²) in [5.41, 5.74) is 7.53. The van der Waals surface area contributed by atoms with Gasteiger partial charge in [0.1, 0.15) is 22.1 Å². The van der Waals surface area contributed by atoms with Crippen LogP contribution in [-0.2, 0) is 0 Å². The molecule has 0 saturated heterocycles. The second-order valence-corrected chi connectivity index (χ2v) is 11.4. The van der Waals surface area contributed by atoms with Crippen molar-refractivity contribution in [1.29, 1.82) is 0 Å². The molecule has 0 unspecified atom stereocenters. The molecule has 0 atom stereocenters. The average Bonchev–Trinajstić information content (AvgIpc) is 3.68. The zero-order chi connectivity index (χ0) is 27.2. The molecule has 5 aromatic carbocycles. The topological polar surface area (TPSA) is 43.9 Å². The monoisotopic (exact) mass is 549 g/mol. The Balaban J connectivity index is 1.39. The SMILES string of the molecule is Cc1ccc(-n2c(-c3cccc4c3sc3nc5ccc(F)cc5cc34)nc3ccccc32)c2oc3ccccc3c12. The number of hydrogen-bond donors (Lipinski definition) is 0. The van der Waals surface area contributed by atoms with Crippen LogP contribution in [0.15, 0.2) is 108 Å². The van der Waals surface area contributed by atoms with Crippen molar-refractivity contribution in [2.45, 2.75) is 6.92 Å². The molecule has 0 aliphatic heterocycles. The lowest BCUT2D eigenvalue weighted by atomic mass is 10.1. The van der Waals surface area contributed by atoms with E-state index in [1.54, 1.807) is 23.5 Å². The normalized spacial score (nSPS) is 12.1. The van der Waals surface area contributed by atoms with Crippen molar-refractivity contribution in [3.8, 4) is 17.1 Å². The highest BCUT2D eigenvalue weighted by molar-refractivity contribution is 7.26. The van der Waals surface area contributed by atoms with E-state index in [4.69, 9.17) is 14.4 Å². The molecule has 0 fully saturated rings. The third-order valence-electron chi connectivity index (χ3n) is 8.00. The second kappa shape index (κ2) is 8.22. The lowest BCUT2D eigenvalue weighted by molar-refractivity contribution is 0.629. The van der Waals surface area contributed by atoms with E-state index in [1.165, 1.54) is 11.6 Å². The van der Waals surface area contributed by atoms with E-state index < -0.39 is 0 Å². The maximum atomic E-state index is 14.0. The molecule has 9 aromatic rings. The van der Waals surface area contributed by atoms with Crippen molar-refractivity contribution >= 4 is 75.5 Å². The summed E-state index contributed by atoms with van der Waals surface area (Å²) in [4.78, 5) is 11.0. The minimum atomic E-state index is -0.261. The molecule has 6 heteroatoms. The molecule has 4 heterocycles. The van der Waals surface area contributed by atoms with Crippen LogP contribution in [0.1, 0.15) is 5.56 Å². The van der Waals surface area contributed by atoms with Crippen LogP contribution in [0, 0.1) is 12.7 Å².